The van der Waals surface area contributed by atoms with Gasteiger partial charge in [0.25, 0.3) is 0 Å². The molecule has 0 aliphatic heterocycles. The van der Waals surface area contributed by atoms with E-state index in [9.17, 15) is 9.90 Å². The number of nitrogens with zero attached hydrogens (tertiary/aromatic N) is 2. The maximum absolute atomic E-state index is 10.3. The van der Waals surface area contributed by atoms with Crippen LogP contribution in [0.25, 0.3) is 11.4 Å². The molecular formula is C11H7Cl2N2O3-. The quantitative estimate of drug-likeness (QED) is 0.855. The number of rotatable bonds is 4. The predicted octanol–water partition coefficient (Wildman–Crippen LogP) is 1.73. The molecule has 1 aromatic carbocycles. The second-order valence-corrected chi connectivity index (χ2v) is 4.35. The fourth-order valence-corrected chi connectivity index (χ4v) is 1.84. The van der Waals surface area contributed by atoms with Crippen LogP contribution in [-0.4, -0.2) is 16.1 Å². The van der Waals surface area contributed by atoms with Crippen LogP contribution in [0.3, 0.4) is 0 Å². The molecule has 0 aliphatic rings. The molecule has 0 spiro atoms. The third kappa shape index (κ3) is 3.00. The van der Waals surface area contributed by atoms with Crippen LogP contribution >= 0.6 is 23.2 Å². The molecule has 18 heavy (non-hydrogen) atoms. The SMILES string of the molecule is O=C([O-])CCc1nc(-c2ccc(Cl)cc2Cl)no1. The number of carboxylic acid groups (broad SMARTS) is 1. The molecule has 0 saturated carbocycles. The Hall–Kier alpha value is -1.59. The lowest BCUT2D eigenvalue weighted by Crippen LogP contribution is -2.22. The van der Waals surface area contributed by atoms with Gasteiger partial charge in [-0.05, 0) is 24.6 Å². The Morgan fingerprint density at radius 3 is 2.83 bits per heavy atom. The molecule has 0 saturated heterocycles. The second kappa shape index (κ2) is 5.37. The highest BCUT2D eigenvalue weighted by atomic mass is 35.5. The van der Waals surface area contributed by atoms with Crippen LogP contribution in [0.15, 0.2) is 22.7 Å². The molecule has 7 heteroatoms. The molecule has 0 bridgehead atoms. The summed E-state index contributed by atoms with van der Waals surface area (Å²) < 4.78 is 4.91. The molecule has 0 amide bonds. The number of aromatic nitrogens is 2. The van der Waals surface area contributed by atoms with Crippen LogP contribution in [-0.2, 0) is 11.2 Å². The Balaban J connectivity index is 2.21. The first-order chi connectivity index (χ1) is 8.56. The van der Waals surface area contributed by atoms with E-state index in [0.717, 1.165) is 0 Å². The first-order valence-electron chi connectivity index (χ1n) is 5.04. The second-order valence-electron chi connectivity index (χ2n) is 3.51. The van der Waals surface area contributed by atoms with Crippen molar-refractivity contribution in [1.82, 2.24) is 10.1 Å². The van der Waals surface area contributed by atoms with Gasteiger partial charge in [0.05, 0.1) is 5.02 Å². The van der Waals surface area contributed by atoms with E-state index >= 15 is 0 Å². The van der Waals surface area contributed by atoms with Gasteiger partial charge in [-0.15, -0.1) is 0 Å². The number of hydrogen-bond acceptors (Lipinski definition) is 5. The van der Waals surface area contributed by atoms with E-state index in [-0.39, 0.29) is 18.7 Å². The summed E-state index contributed by atoms with van der Waals surface area (Å²) in [5, 5.41) is 14.9. The molecule has 1 heterocycles. The van der Waals surface area contributed by atoms with Gasteiger partial charge < -0.3 is 14.4 Å². The van der Waals surface area contributed by atoms with Crippen molar-refractivity contribution >= 4 is 29.2 Å². The number of hydrogen-bond donors (Lipinski definition) is 0. The van der Waals surface area contributed by atoms with E-state index in [1.54, 1.807) is 18.2 Å². The average molecular weight is 286 g/mol. The Labute approximate surface area is 112 Å². The minimum Gasteiger partial charge on any atom is -0.550 e. The van der Waals surface area contributed by atoms with Crippen LogP contribution in [0, 0.1) is 0 Å². The molecule has 0 N–H and O–H groups in total. The molecule has 94 valence electrons. The van der Waals surface area contributed by atoms with Crippen LogP contribution in [0.2, 0.25) is 10.0 Å². The lowest BCUT2D eigenvalue weighted by molar-refractivity contribution is -0.305. The molecule has 5 nitrogen and oxygen atoms in total. The zero-order valence-corrected chi connectivity index (χ0v) is 10.5. The summed E-state index contributed by atoms with van der Waals surface area (Å²) in [5.74, 6) is -0.649. The van der Waals surface area contributed by atoms with Crippen LogP contribution < -0.4 is 5.11 Å². The first kappa shape index (κ1) is 12.9. The van der Waals surface area contributed by atoms with Crippen molar-refractivity contribution in [2.75, 3.05) is 0 Å². The number of carbonyl (C=O) groups is 1. The minimum absolute atomic E-state index is 0.126. The van der Waals surface area contributed by atoms with Crippen LogP contribution in [0.4, 0.5) is 0 Å². The highest BCUT2D eigenvalue weighted by Gasteiger charge is 2.12. The van der Waals surface area contributed by atoms with Gasteiger partial charge >= 0.3 is 0 Å². The lowest BCUT2D eigenvalue weighted by Gasteiger charge is -1.98. The fourth-order valence-electron chi connectivity index (χ4n) is 1.35. The van der Waals surface area contributed by atoms with Crippen LogP contribution in [0.1, 0.15) is 12.3 Å². The smallest absolute Gasteiger partial charge is 0.227 e. The van der Waals surface area contributed by atoms with Crippen LogP contribution in [0.5, 0.6) is 0 Å². The predicted molar refractivity (Wildman–Crippen MR) is 63.1 cm³/mol. The number of aliphatic carboxylic acids is 1. The summed E-state index contributed by atoms with van der Waals surface area (Å²) in [6.45, 7) is 0. The lowest BCUT2D eigenvalue weighted by atomic mass is 10.2. The summed E-state index contributed by atoms with van der Waals surface area (Å²) in [4.78, 5) is 14.4. The number of carbonyl (C=O) groups excluding carboxylic acids is 1. The Morgan fingerprint density at radius 2 is 2.17 bits per heavy atom. The normalized spacial score (nSPS) is 10.6. The van der Waals surface area contributed by atoms with E-state index in [1.807, 2.05) is 0 Å². The van der Waals surface area contributed by atoms with E-state index < -0.39 is 5.97 Å². The van der Waals surface area contributed by atoms with E-state index in [2.05, 4.69) is 10.1 Å². The molecule has 0 radical (unpaired) electrons. The highest BCUT2D eigenvalue weighted by molar-refractivity contribution is 6.36. The number of aryl methyl sites for hydroxylation is 1. The Bertz CT molecular complexity index is 583. The van der Waals surface area contributed by atoms with Crippen molar-refractivity contribution in [3.05, 3.63) is 34.1 Å². The summed E-state index contributed by atoms with van der Waals surface area (Å²) >= 11 is 11.8. The standard InChI is InChI=1S/C11H8Cl2N2O3/c12-6-1-2-7(8(13)5-6)11-14-9(18-15-11)3-4-10(16)17/h1-2,5H,3-4H2,(H,16,17)/p-1. The summed E-state index contributed by atoms with van der Waals surface area (Å²) in [6.07, 6.45) is -0.0451. The van der Waals surface area contributed by atoms with Gasteiger partial charge in [-0.25, -0.2) is 0 Å². The Kier molecular flexibility index (Phi) is 3.84. The van der Waals surface area contributed by atoms with Crippen molar-refractivity contribution in [3.8, 4) is 11.4 Å². The van der Waals surface area contributed by atoms with Gasteiger partial charge in [-0.1, -0.05) is 28.4 Å². The topological polar surface area (TPSA) is 79.0 Å². The third-order valence-electron chi connectivity index (χ3n) is 2.18. The zero-order chi connectivity index (χ0) is 13.1. The van der Waals surface area contributed by atoms with E-state index in [4.69, 9.17) is 27.7 Å². The number of carboxylic acids is 1. The molecule has 1 aromatic heterocycles. The van der Waals surface area contributed by atoms with Crippen molar-refractivity contribution in [1.29, 1.82) is 0 Å². The van der Waals surface area contributed by atoms with Crippen molar-refractivity contribution in [2.45, 2.75) is 12.8 Å². The van der Waals surface area contributed by atoms with E-state index in [1.165, 1.54) is 0 Å². The average Bonchev–Trinajstić information content (AvgIpc) is 2.75. The molecule has 0 fully saturated rings. The third-order valence-corrected chi connectivity index (χ3v) is 2.73. The monoisotopic (exact) mass is 285 g/mol. The molecular weight excluding hydrogens is 279 g/mol. The van der Waals surface area contributed by atoms with Crippen molar-refractivity contribution < 1.29 is 14.4 Å². The maximum atomic E-state index is 10.3. The fraction of sp³-hybridized carbons (Fsp3) is 0.182. The van der Waals surface area contributed by atoms with Crippen molar-refractivity contribution in [2.24, 2.45) is 0 Å². The number of halogens is 2. The van der Waals surface area contributed by atoms with Gasteiger partial charge in [0.2, 0.25) is 11.7 Å². The Morgan fingerprint density at radius 1 is 1.39 bits per heavy atom. The van der Waals surface area contributed by atoms with Crippen molar-refractivity contribution in [3.63, 3.8) is 0 Å². The van der Waals surface area contributed by atoms with Gasteiger partial charge in [0.15, 0.2) is 0 Å². The van der Waals surface area contributed by atoms with E-state index in [0.29, 0.717) is 21.4 Å². The van der Waals surface area contributed by atoms with Gasteiger partial charge in [-0.2, -0.15) is 4.98 Å². The maximum Gasteiger partial charge on any atom is 0.227 e. The highest BCUT2D eigenvalue weighted by Crippen LogP contribution is 2.28. The first-order valence-corrected chi connectivity index (χ1v) is 5.79. The summed E-state index contributed by atoms with van der Waals surface area (Å²) in [6, 6.07) is 4.88. The number of benzene rings is 1. The summed E-state index contributed by atoms with van der Waals surface area (Å²) in [5.41, 5.74) is 0.574. The molecule has 0 unspecified atom stereocenters. The molecule has 0 atom stereocenters. The van der Waals surface area contributed by atoms with Gasteiger partial charge in [0.1, 0.15) is 0 Å². The molecule has 2 aromatic rings. The molecule has 0 aliphatic carbocycles. The summed E-state index contributed by atoms with van der Waals surface area (Å²) in [7, 11) is 0. The molecule has 2 rings (SSSR count). The zero-order valence-electron chi connectivity index (χ0n) is 9.02. The largest absolute Gasteiger partial charge is 0.550 e. The van der Waals surface area contributed by atoms with Gasteiger partial charge in [0, 0.05) is 23.0 Å². The van der Waals surface area contributed by atoms with Gasteiger partial charge in [-0.3, -0.25) is 0 Å². The minimum atomic E-state index is -1.17.